The zero-order valence-electron chi connectivity index (χ0n) is 18.1. The summed E-state index contributed by atoms with van der Waals surface area (Å²) in [7, 11) is 0. The highest BCUT2D eigenvalue weighted by Gasteiger charge is 2.29. The first-order valence-electron chi connectivity index (χ1n) is 10.8. The first-order chi connectivity index (χ1) is 15.6. The third-order valence-electron chi connectivity index (χ3n) is 5.39. The van der Waals surface area contributed by atoms with Crippen molar-refractivity contribution in [3.05, 3.63) is 87.8 Å². The number of ether oxygens (including phenoxy) is 1. The van der Waals surface area contributed by atoms with E-state index in [1.807, 2.05) is 43.3 Å². The van der Waals surface area contributed by atoms with Gasteiger partial charge in [-0.15, -0.1) is 11.3 Å². The first kappa shape index (κ1) is 22.5. The van der Waals surface area contributed by atoms with E-state index in [4.69, 9.17) is 17.0 Å². The van der Waals surface area contributed by atoms with Gasteiger partial charge in [-0.05, 0) is 42.3 Å². The Morgan fingerprint density at radius 3 is 2.47 bits per heavy atom. The third kappa shape index (κ3) is 5.54. The molecule has 4 rings (SSSR count). The number of anilines is 1. The van der Waals surface area contributed by atoms with Crippen LogP contribution in [0.25, 0.3) is 0 Å². The molecule has 1 aromatic heterocycles. The van der Waals surface area contributed by atoms with Crippen molar-refractivity contribution >= 4 is 39.6 Å². The van der Waals surface area contributed by atoms with E-state index in [2.05, 4.69) is 39.8 Å². The molecule has 0 aliphatic carbocycles. The standard InChI is InChI=1S/C25H27N3O2S2/c1-2-30-24(29)22-20-13-14-28(16-19-11-7-4-8-12-19)17-21(20)32-23(22)27-25(31)26-15-18-9-5-3-6-10-18/h3-12H,2,13-17H2,1H3,(H2,26,27,31). The molecule has 166 valence electrons. The highest BCUT2D eigenvalue weighted by Crippen LogP contribution is 2.38. The molecule has 0 radical (unpaired) electrons. The van der Waals surface area contributed by atoms with Gasteiger partial charge in [0.25, 0.3) is 0 Å². The van der Waals surface area contributed by atoms with E-state index in [1.165, 1.54) is 10.4 Å². The quantitative estimate of drug-likeness (QED) is 0.380. The molecule has 0 saturated carbocycles. The summed E-state index contributed by atoms with van der Waals surface area (Å²) in [6.07, 6.45) is 0.818. The van der Waals surface area contributed by atoms with Crippen LogP contribution in [0, 0.1) is 0 Å². The van der Waals surface area contributed by atoms with Gasteiger partial charge in [0, 0.05) is 31.1 Å². The van der Waals surface area contributed by atoms with E-state index in [0.29, 0.717) is 23.8 Å². The second-order valence-electron chi connectivity index (χ2n) is 7.67. The molecule has 0 spiro atoms. The van der Waals surface area contributed by atoms with Gasteiger partial charge < -0.3 is 15.4 Å². The molecule has 7 heteroatoms. The van der Waals surface area contributed by atoms with Gasteiger partial charge in [0.05, 0.1) is 12.2 Å². The first-order valence-corrected chi connectivity index (χ1v) is 12.0. The van der Waals surface area contributed by atoms with Crippen LogP contribution in [0.3, 0.4) is 0 Å². The molecule has 0 bridgehead atoms. The SMILES string of the molecule is CCOC(=O)c1c(NC(=S)NCc2ccccc2)sc2c1CCN(Cc1ccccc1)C2. The minimum Gasteiger partial charge on any atom is -0.462 e. The van der Waals surface area contributed by atoms with E-state index < -0.39 is 0 Å². The highest BCUT2D eigenvalue weighted by atomic mass is 32.1. The summed E-state index contributed by atoms with van der Waals surface area (Å²) in [6.45, 7) is 5.41. The molecule has 32 heavy (non-hydrogen) atoms. The second kappa shape index (κ2) is 10.7. The lowest BCUT2D eigenvalue weighted by Crippen LogP contribution is -2.30. The predicted octanol–water partition coefficient (Wildman–Crippen LogP) is 4.97. The van der Waals surface area contributed by atoms with Crippen LogP contribution in [0.5, 0.6) is 0 Å². The number of carbonyl (C=O) groups is 1. The molecule has 0 saturated heterocycles. The Kier molecular flexibility index (Phi) is 7.52. The Morgan fingerprint density at radius 1 is 1.09 bits per heavy atom. The summed E-state index contributed by atoms with van der Waals surface area (Å²) >= 11 is 7.12. The van der Waals surface area contributed by atoms with Gasteiger partial charge in [0.1, 0.15) is 5.00 Å². The van der Waals surface area contributed by atoms with Crippen molar-refractivity contribution in [3.63, 3.8) is 0 Å². The third-order valence-corrected chi connectivity index (χ3v) is 6.77. The normalized spacial score (nSPS) is 13.3. The van der Waals surface area contributed by atoms with Gasteiger partial charge >= 0.3 is 5.97 Å². The molecule has 0 unspecified atom stereocenters. The minimum absolute atomic E-state index is 0.283. The van der Waals surface area contributed by atoms with Gasteiger partial charge in [0.15, 0.2) is 5.11 Å². The summed E-state index contributed by atoms with van der Waals surface area (Å²) < 4.78 is 5.38. The Labute approximate surface area is 198 Å². The molecule has 2 heterocycles. The van der Waals surface area contributed by atoms with Crippen molar-refractivity contribution in [1.82, 2.24) is 10.2 Å². The fourth-order valence-electron chi connectivity index (χ4n) is 3.87. The highest BCUT2D eigenvalue weighted by molar-refractivity contribution is 7.80. The number of nitrogens with one attached hydrogen (secondary N) is 2. The van der Waals surface area contributed by atoms with Crippen LogP contribution in [0.15, 0.2) is 60.7 Å². The molecule has 2 aromatic carbocycles. The number of nitrogens with zero attached hydrogens (tertiary/aromatic N) is 1. The molecule has 5 nitrogen and oxygen atoms in total. The van der Waals surface area contributed by atoms with E-state index in [0.717, 1.165) is 42.2 Å². The van der Waals surface area contributed by atoms with E-state index in [1.54, 1.807) is 11.3 Å². The van der Waals surface area contributed by atoms with E-state index in [9.17, 15) is 4.79 Å². The second-order valence-corrected chi connectivity index (χ2v) is 9.18. The molecule has 0 amide bonds. The summed E-state index contributed by atoms with van der Waals surface area (Å²) in [4.78, 5) is 16.4. The van der Waals surface area contributed by atoms with Gasteiger partial charge in [0.2, 0.25) is 0 Å². The smallest absolute Gasteiger partial charge is 0.341 e. The lowest BCUT2D eigenvalue weighted by molar-refractivity contribution is 0.0526. The van der Waals surface area contributed by atoms with Gasteiger partial charge in [-0.1, -0.05) is 60.7 Å². The fourth-order valence-corrected chi connectivity index (χ4v) is 5.39. The zero-order chi connectivity index (χ0) is 22.3. The van der Waals surface area contributed by atoms with Gasteiger partial charge in [-0.2, -0.15) is 0 Å². The van der Waals surface area contributed by atoms with Crippen LogP contribution >= 0.6 is 23.6 Å². The Bertz CT molecular complexity index is 1070. The van der Waals surface area contributed by atoms with Crippen LogP contribution in [0.4, 0.5) is 5.00 Å². The number of carbonyl (C=O) groups excluding carboxylic acids is 1. The molecular weight excluding hydrogens is 438 g/mol. The number of rotatable bonds is 7. The maximum absolute atomic E-state index is 12.8. The Balaban J connectivity index is 1.49. The van der Waals surface area contributed by atoms with Crippen LogP contribution in [-0.2, 0) is 30.8 Å². The number of thiocarbonyl (C=S) groups is 1. The summed E-state index contributed by atoms with van der Waals surface area (Å²) in [5, 5.41) is 7.76. The van der Waals surface area contributed by atoms with Gasteiger partial charge in [-0.3, -0.25) is 4.90 Å². The van der Waals surface area contributed by atoms with Crippen LogP contribution in [0.1, 0.15) is 38.8 Å². The van der Waals surface area contributed by atoms with Crippen LogP contribution in [-0.4, -0.2) is 29.1 Å². The predicted molar refractivity (Wildman–Crippen MR) is 134 cm³/mol. The Hall–Kier alpha value is -2.74. The molecule has 2 N–H and O–H groups in total. The molecule has 1 aliphatic rings. The van der Waals surface area contributed by atoms with Crippen molar-refractivity contribution in [2.24, 2.45) is 0 Å². The minimum atomic E-state index is -0.283. The van der Waals surface area contributed by atoms with Crippen LogP contribution < -0.4 is 10.6 Å². The van der Waals surface area contributed by atoms with Crippen molar-refractivity contribution in [1.29, 1.82) is 0 Å². The lowest BCUT2D eigenvalue weighted by atomic mass is 10.0. The number of fused-ring (bicyclic) bond motifs is 1. The molecule has 0 atom stereocenters. The van der Waals surface area contributed by atoms with E-state index in [-0.39, 0.29) is 5.97 Å². The fraction of sp³-hybridized carbons (Fsp3) is 0.280. The summed E-state index contributed by atoms with van der Waals surface area (Å²) in [5.74, 6) is -0.283. The van der Waals surface area contributed by atoms with E-state index >= 15 is 0 Å². The largest absolute Gasteiger partial charge is 0.462 e. The molecule has 0 fully saturated rings. The average Bonchev–Trinajstić information content (AvgIpc) is 3.16. The van der Waals surface area contributed by atoms with Crippen molar-refractivity contribution in [2.75, 3.05) is 18.5 Å². The molecular formula is C25H27N3O2S2. The summed E-state index contributed by atoms with van der Waals surface area (Å²) in [6, 6.07) is 20.6. The number of esters is 1. The number of benzene rings is 2. The van der Waals surface area contributed by atoms with Crippen LogP contribution in [0.2, 0.25) is 0 Å². The number of hydrogen-bond acceptors (Lipinski definition) is 5. The monoisotopic (exact) mass is 465 g/mol. The molecule has 1 aliphatic heterocycles. The maximum Gasteiger partial charge on any atom is 0.341 e. The Morgan fingerprint density at radius 2 is 1.78 bits per heavy atom. The number of thiophene rings is 1. The lowest BCUT2D eigenvalue weighted by Gasteiger charge is -2.27. The summed E-state index contributed by atoms with van der Waals surface area (Å²) in [5.41, 5.74) is 4.16. The van der Waals surface area contributed by atoms with Crippen molar-refractivity contribution < 1.29 is 9.53 Å². The topological polar surface area (TPSA) is 53.6 Å². The van der Waals surface area contributed by atoms with Crippen molar-refractivity contribution in [3.8, 4) is 0 Å². The van der Waals surface area contributed by atoms with Gasteiger partial charge in [-0.25, -0.2) is 4.79 Å². The molecule has 3 aromatic rings. The van der Waals surface area contributed by atoms with Crippen molar-refractivity contribution in [2.45, 2.75) is 33.0 Å². The number of hydrogen-bond donors (Lipinski definition) is 2. The zero-order valence-corrected chi connectivity index (χ0v) is 19.7. The average molecular weight is 466 g/mol. The maximum atomic E-state index is 12.8.